The maximum Gasteiger partial charge on any atom is 0.259 e. The van der Waals surface area contributed by atoms with Crippen LogP contribution >= 0.6 is 23.2 Å². The molecule has 6 heteroatoms. The van der Waals surface area contributed by atoms with Crippen molar-refractivity contribution in [2.45, 2.75) is 12.8 Å². The minimum absolute atomic E-state index is 0.280. The van der Waals surface area contributed by atoms with Gasteiger partial charge in [-0.25, -0.2) is 0 Å². The van der Waals surface area contributed by atoms with Crippen LogP contribution in [0.1, 0.15) is 23.2 Å². The number of anilines is 2. The topological polar surface area (TPSA) is 41.6 Å². The monoisotopic (exact) mass is 364 g/mol. The average molecular weight is 365 g/mol. The lowest BCUT2D eigenvalue weighted by Crippen LogP contribution is -2.21. The molecule has 1 aliphatic heterocycles. The summed E-state index contributed by atoms with van der Waals surface area (Å²) in [6.07, 6.45) is 2.25. The molecule has 0 saturated carbocycles. The molecular formula is C18H18Cl2N2O2. The number of nitrogens with one attached hydrogen (secondary N) is 1. The van der Waals surface area contributed by atoms with Crippen molar-refractivity contribution in [2.24, 2.45) is 0 Å². The molecule has 1 aliphatic rings. The number of rotatable bonds is 4. The van der Waals surface area contributed by atoms with Gasteiger partial charge in [0, 0.05) is 18.1 Å². The van der Waals surface area contributed by atoms with Crippen molar-refractivity contribution in [1.82, 2.24) is 0 Å². The second-order valence-electron chi connectivity index (χ2n) is 5.63. The van der Waals surface area contributed by atoms with E-state index in [-0.39, 0.29) is 5.91 Å². The summed E-state index contributed by atoms with van der Waals surface area (Å²) in [5.74, 6) is 0.193. The number of hydrogen-bond acceptors (Lipinski definition) is 3. The van der Waals surface area contributed by atoms with Gasteiger partial charge in [0.05, 0.1) is 29.1 Å². The number of carbonyl (C=O) groups excluding carboxylic acids is 1. The summed E-state index contributed by atoms with van der Waals surface area (Å²) in [6.45, 7) is 1.88. The lowest BCUT2D eigenvalue weighted by molar-refractivity contribution is 0.102. The lowest BCUT2D eigenvalue weighted by Gasteiger charge is -2.23. The number of ether oxygens (including phenoxy) is 1. The molecule has 0 bridgehead atoms. The summed E-state index contributed by atoms with van der Waals surface area (Å²) in [6, 6.07) is 10.5. The molecular weight excluding hydrogens is 347 g/mol. The van der Waals surface area contributed by atoms with E-state index in [0.717, 1.165) is 31.6 Å². The fraction of sp³-hybridized carbons (Fsp3) is 0.278. The van der Waals surface area contributed by atoms with Gasteiger partial charge in [-0.05, 0) is 43.2 Å². The summed E-state index contributed by atoms with van der Waals surface area (Å²) in [5, 5.41) is 4.05. The third-order valence-corrected chi connectivity index (χ3v) is 4.60. The van der Waals surface area contributed by atoms with Crippen LogP contribution in [0.3, 0.4) is 0 Å². The number of hydrogen-bond donors (Lipinski definition) is 1. The first-order valence-electron chi connectivity index (χ1n) is 7.78. The molecule has 24 heavy (non-hydrogen) atoms. The number of para-hydroxylation sites is 1. The van der Waals surface area contributed by atoms with Crippen LogP contribution in [0.5, 0.6) is 5.75 Å². The van der Waals surface area contributed by atoms with Crippen LogP contribution in [0.15, 0.2) is 36.4 Å². The van der Waals surface area contributed by atoms with Gasteiger partial charge < -0.3 is 15.0 Å². The number of nitrogens with zero attached hydrogens (tertiary/aromatic N) is 1. The summed E-state index contributed by atoms with van der Waals surface area (Å²) in [4.78, 5) is 14.9. The summed E-state index contributed by atoms with van der Waals surface area (Å²) in [5.41, 5.74) is 1.94. The van der Waals surface area contributed by atoms with Crippen LogP contribution in [0.2, 0.25) is 10.0 Å². The van der Waals surface area contributed by atoms with Gasteiger partial charge in [0.1, 0.15) is 5.75 Å². The van der Waals surface area contributed by atoms with Crippen LogP contribution < -0.4 is 15.0 Å². The molecule has 2 aromatic rings. The molecule has 3 rings (SSSR count). The Kier molecular flexibility index (Phi) is 5.17. The van der Waals surface area contributed by atoms with E-state index in [1.54, 1.807) is 18.2 Å². The number of carbonyl (C=O) groups is 1. The molecule has 1 amide bonds. The standard InChI is InChI=1S/C18H18Cl2N2O2/c1-24-16-8-7-12(19)11-13(16)18(23)21-15-6-4-5-14(20)17(15)22-9-2-3-10-22/h4-8,11H,2-3,9-10H2,1H3,(H,21,23). The van der Waals surface area contributed by atoms with E-state index in [1.807, 2.05) is 18.2 Å². The van der Waals surface area contributed by atoms with Gasteiger partial charge in [0.2, 0.25) is 0 Å². The van der Waals surface area contributed by atoms with E-state index in [0.29, 0.717) is 27.0 Å². The molecule has 1 fully saturated rings. The van der Waals surface area contributed by atoms with Crippen molar-refractivity contribution in [3.05, 3.63) is 52.0 Å². The minimum atomic E-state index is -0.280. The highest BCUT2D eigenvalue weighted by Gasteiger charge is 2.21. The van der Waals surface area contributed by atoms with Gasteiger partial charge in [0.25, 0.3) is 5.91 Å². The predicted molar refractivity (Wildman–Crippen MR) is 98.9 cm³/mol. The van der Waals surface area contributed by atoms with Gasteiger partial charge >= 0.3 is 0 Å². The maximum atomic E-state index is 12.7. The Labute approximate surface area is 151 Å². The molecule has 0 unspecified atom stereocenters. The zero-order chi connectivity index (χ0) is 17.1. The molecule has 1 saturated heterocycles. The van der Waals surface area contributed by atoms with E-state index in [4.69, 9.17) is 27.9 Å². The Morgan fingerprint density at radius 2 is 1.92 bits per heavy atom. The smallest absolute Gasteiger partial charge is 0.259 e. The van der Waals surface area contributed by atoms with Gasteiger partial charge in [0.15, 0.2) is 0 Å². The Morgan fingerprint density at radius 1 is 1.17 bits per heavy atom. The Bertz CT molecular complexity index is 759. The summed E-state index contributed by atoms with van der Waals surface area (Å²) < 4.78 is 5.26. The number of methoxy groups -OCH3 is 1. The van der Waals surface area contributed by atoms with Crippen LogP contribution in [0, 0.1) is 0 Å². The first kappa shape index (κ1) is 16.9. The first-order valence-corrected chi connectivity index (χ1v) is 8.54. The number of benzene rings is 2. The van der Waals surface area contributed by atoms with Crippen LogP contribution in [-0.4, -0.2) is 26.1 Å². The fourth-order valence-corrected chi connectivity index (χ4v) is 3.39. The van der Waals surface area contributed by atoms with E-state index < -0.39 is 0 Å². The van der Waals surface area contributed by atoms with Crippen LogP contribution in [-0.2, 0) is 0 Å². The molecule has 1 N–H and O–H groups in total. The highest BCUT2D eigenvalue weighted by Crippen LogP contribution is 2.36. The molecule has 2 aromatic carbocycles. The van der Waals surface area contributed by atoms with E-state index in [2.05, 4.69) is 10.2 Å². The van der Waals surface area contributed by atoms with Gasteiger partial charge in [-0.3, -0.25) is 4.79 Å². The SMILES string of the molecule is COc1ccc(Cl)cc1C(=O)Nc1cccc(Cl)c1N1CCCC1. The Morgan fingerprint density at radius 3 is 2.62 bits per heavy atom. The normalized spacial score (nSPS) is 13.9. The first-order chi connectivity index (χ1) is 11.6. The van der Waals surface area contributed by atoms with Crippen molar-refractivity contribution in [1.29, 1.82) is 0 Å². The maximum absolute atomic E-state index is 12.7. The molecule has 1 heterocycles. The Hall–Kier alpha value is -1.91. The van der Waals surface area contributed by atoms with Crippen molar-refractivity contribution in [3.63, 3.8) is 0 Å². The molecule has 0 atom stereocenters. The molecule has 4 nitrogen and oxygen atoms in total. The molecule has 0 aliphatic carbocycles. The third-order valence-electron chi connectivity index (χ3n) is 4.06. The predicted octanol–water partition coefficient (Wildman–Crippen LogP) is 4.85. The fourth-order valence-electron chi connectivity index (χ4n) is 2.93. The molecule has 0 aromatic heterocycles. The van der Waals surface area contributed by atoms with Crippen LogP contribution in [0.25, 0.3) is 0 Å². The van der Waals surface area contributed by atoms with E-state index in [9.17, 15) is 4.79 Å². The molecule has 0 spiro atoms. The lowest BCUT2D eigenvalue weighted by atomic mass is 10.1. The Balaban J connectivity index is 1.93. The van der Waals surface area contributed by atoms with Gasteiger partial charge in [-0.2, -0.15) is 0 Å². The molecule has 126 valence electrons. The van der Waals surface area contributed by atoms with Crippen molar-refractivity contribution in [3.8, 4) is 5.75 Å². The number of amides is 1. The summed E-state index contributed by atoms with van der Waals surface area (Å²) >= 11 is 12.4. The van der Waals surface area contributed by atoms with Crippen molar-refractivity contribution in [2.75, 3.05) is 30.4 Å². The largest absolute Gasteiger partial charge is 0.496 e. The number of halogens is 2. The highest BCUT2D eigenvalue weighted by molar-refractivity contribution is 6.34. The van der Waals surface area contributed by atoms with E-state index in [1.165, 1.54) is 7.11 Å². The minimum Gasteiger partial charge on any atom is -0.496 e. The zero-order valence-electron chi connectivity index (χ0n) is 13.3. The van der Waals surface area contributed by atoms with Gasteiger partial charge in [-0.1, -0.05) is 29.3 Å². The second-order valence-corrected chi connectivity index (χ2v) is 6.47. The van der Waals surface area contributed by atoms with Crippen LogP contribution in [0.4, 0.5) is 11.4 Å². The third kappa shape index (κ3) is 3.45. The second kappa shape index (κ2) is 7.32. The van der Waals surface area contributed by atoms with Crippen molar-refractivity contribution < 1.29 is 9.53 Å². The molecule has 0 radical (unpaired) electrons. The van der Waals surface area contributed by atoms with Crippen molar-refractivity contribution >= 4 is 40.5 Å². The zero-order valence-corrected chi connectivity index (χ0v) is 14.8. The average Bonchev–Trinajstić information content (AvgIpc) is 3.09. The summed E-state index contributed by atoms with van der Waals surface area (Å²) in [7, 11) is 1.52. The quantitative estimate of drug-likeness (QED) is 0.842. The van der Waals surface area contributed by atoms with E-state index >= 15 is 0 Å². The highest BCUT2D eigenvalue weighted by atomic mass is 35.5. The van der Waals surface area contributed by atoms with Gasteiger partial charge in [-0.15, -0.1) is 0 Å².